The minimum absolute atomic E-state index is 0.0864. The van der Waals surface area contributed by atoms with Gasteiger partial charge in [-0.05, 0) is 36.4 Å². The molecule has 4 nitrogen and oxygen atoms in total. The molecule has 4 aromatic rings. The second kappa shape index (κ2) is 7.00. The minimum atomic E-state index is -0.0864. The van der Waals surface area contributed by atoms with Gasteiger partial charge in [0, 0.05) is 16.6 Å². The number of thioether (sulfide) groups is 1. The predicted octanol–water partition coefficient (Wildman–Crippen LogP) is 5.23. The summed E-state index contributed by atoms with van der Waals surface area (Å²) in [6.07, 6.45) is 1.67. The summed E-state index contributed by atoms with van der Waals surface area (Å²) in [6, 6.07) is 15.2. The number of anilines is 1. The quantitative estimate of drug-likeness (QED) is 0.489. The molecule has 2 heterocycles. The maximum atomic E-state index is 12.3. The molecule has 2 aromatic heterocycles. The normalized spacial score (nSPS) is 11.1. The molecular weight excluding hydrogens is 374 g/mol. The molecular formula is C18H12ClN3OS2. The van der Waals surface area contributed by atoms with Crippen LogP contribution in [0.5, 0.6) is 0 Å². The lowest BCUT2D eigenvalue weighted by atomic mass is 10.2. The van der Waals surface area contributed by atoms with E-state index in [0.717, 1.165) is 25.5 Å². The molecule has 0 saturated carbocycles. The molecule has 0 fully saturated rings. The zero-order valence-corrected chi connectivity index (χ0v) is 15.3. The summed E-state index contributed by atoms with van der Waals surface area (Å²) in [7, 11) is 0. The molecule has 0 atom stereocenters. The van der Waals surface area contributed by atoms with Gasteiger partial charge < -0.3 is 5.32 Å². The number of fused-ring (bicyclic) bond motifs is 2. The molecule has 0 aliphatic heterocycles. The number of aromatic nitrogens is 2. The summed E-state index contributed by atoms with van der Waals surface area (Å²) in [6.45, 7) is 0. The summed E-state index contributed by atoms with van der Waals surface area (Å²) in [5.74, 6) is 0.209. The number of rotatable bonds is 4. The molecule has 0 spiro atoms. The van der Waals surface area contributed by atoms with Crippen molar-refractivity contribution in [2.45, 2.75) is 4.34 Å². The lowest BCUT2D eigenvalue weighted by Gasteiger charge is -2.08. The van der Waals surface area contributed by atoms with E-state index in [1.807, 2.05) is 30.3 Å². The SMILES string of the molecule is O=C(CSc1nc2ccccc2s1)Nc1ccnc2ccc(Cl)cc12. The van der Waals surface area contributed by atoms with Crippen molar-refractivity contribution < 1.29 is 4.79 Å². The number of thiazole rings is 1. The van der Waals surface area contributed by atoms with Crippen molar-refractivity contribution in [3.63, 3.8) is 0 Å². The van der Waals surface area contributed by atoms with Crippen LogP contribution in [-0.4, -0.2) is 21.6 Å². The van der Waals surface area contributed by atoms with Gasteiger partial charge in [-0.3, -0.25) is 9.78 Å². The number of amides is 1. The van der Waals surface area contributed by atoms with E-state index in [1.54, 1.807) is 35.7 Å². The number of carbonyl (C=O) groups excluding carboxylic acids is 1. The van der Waals surface area contributed by atoms with Crippen LogP contribution >= 0.6 is 34.7 Å². The van der Waals surface area contributed by atoms with Crippen molar-refractivity contribution in [3.05, 3.63) is 59.8 Å². The molecule has 0 aliphatic carbocycles. The highest BCUT2D eigenvalue weighted by molar-refractivity contribution is 8.01. The van der Waals surface area contributed by atoms with E-state index in [9.17, 15) is 4.79 Å². The van der Waals surface area contributed by atoms with Crippen LogP contribution in [0.3, 0.4) is 0 Å². The summed E-state index contributed by atoms with van der Waals surface area (Å²) < 4.78 is 2.01. The smallest absolute Gasteiger partial charge is 0.234 e. The van der Waals surface area contributed by atoms with Crippen LogP contribution in [0, 0.1) is 0 Å². The van der Waals surface area contributed by atoms with E-state index in [2.05, 4.69) is 15.3 Å². The Morgan fingerprint density at radius 1 is 1.16 bits per heavy atom. The third kappa shape index (κ3) is 3.61. The predicted molar refractivity (Wildman–Crippen MR) is 106 cm³/mol. The van der Waals surface area contributed by atoms with Crippen LogP contribution in [-0.2, 0) is 4.79 Å². The van der Waals surface area contributed by atoms with Gasteiger partial charge in [0.15, 0.2) is 4.34 Å². The second-order valence-electron chi connectivity index (χ2n) is 5.30. The number of halogens is 1. The summed E-state index contributed by atoms with van der Waals surface area (Å²) in [4.78, 5) is 21.1. The molecule has 0 radical (unpaired) electrons. The van der Waals surface area contributed by atoms with Gasteiger partial charge in [0.2, 0.25) is 5.91 Å². The maximum absolute atomic E-state index is 12.3. The van der Waals surface area contributed by atoms with Crippen LogP contribution in [0.4, 0.5) is 5.69 Å². The third-order valence-electron chi connectivity index (χ3n) is 3.58. The Labute approximate surface area is 157 Å². The number of nitrogens with one attached hydrogen (secondary N) is 1. The number of nitrogens with zero attached hydrogens (tertiary/aromatic N) is 2. The number of hydrogen-bond donors (Lipinski definition) is 1. The first-order valence-electron chi connectivity index (χ1n) is 7.51. The summed E-state index contributed by atoms with van der Waals surface area (Å²) >= 11 is 9.09. The average molecular weight is 386 g/mol. The molecule has 2 aromatic carbocycles. The van der Waals surface area contributed by atoms with Gasteiger partial charge in [-0.1, -0.05) is 35.5 Å². The standard InChI is InChI=1S/C18H12ClN3OS2/c19-11-5-6-13-12(9-11)14(7-8-20-13)21-17(23)10-24-18-22-15-3-1-2-4-16(15)25-18/h1-9H,10H2,(H,20,21,23). The zero-order valence-electron chi connectivity index (χ0n) is 12.9. The molecule has 0 bridgehead atoms. The Kier molecular flexibility index (Phi) is 4.57. The Bertz CT molecular complexity index is 1050. The monoisotopic (exact) mass is 385 g/mol. The highest BCUT2D eigenvalue weighted by Crippen LogP contribution is 2.30. The van der Waals surface area contributed by atoms with Crippen molar-refractivity contribution >= 4 is 67.4 Å². The molecule has 0 saturated heterocycles. The number of benzene rings is 2. The van der Waals surface area contributed by atoms with Crippen LogP contribution < -0.4 is 5.32 Å². The third-order valence-corrected chi connectivity index (χ3v) is 5.99. The molecule has 124 valence electrons. The second-order valence-corrected chi connectivity index (χ2v) is 7.99. The summed E-state index contributed by atoms with van der Waals surface area (Å²) in [5, 5.41) is 4.37. The Balaban J connectivity index is 1.48. The van der Waals surface area contributed by atoms with E-state index in [4.69, 9.17) is 11.6 Å². The molecule has 0 aliphatic rings. The van der Waals surface area contributed by atoms with Gasteiger partial charge in [-0.25, -0.2) is 4.98 Å². The number of hydrogen-bond acceptors (Lipinski definition) is 5. The first-order valence-corrected chi connectivity index (χ1v) is 9.69. The molecule has 1 N–H and O–H groups in total. The van der Waals surface area contributed by atoms with Crippen molar-refractivity contribution in [3.8, 4) is 0 Å². The van der Waals surface area contributed by atoms with E-state index in [-0.39, 0.29) is 5.91 Å². The fraction of sp³-hybridized carbons (Fsp3) is 0.0556. The van der Waals surface area contributed by atoms with Crippen LogP contribution in [0.25, 0.3) is 21.1 Å². The number of carbonyl (C=O) groups is 1. The molecule has 0 unspecified atom stereocenters. The lowest BCUT2D eigenvalue weighted by Crippen LogP contribution is -2.14. The van der Waals surface area contributed by atoms with Crippen LogP contribution in [0.2, 0.25) is 5.02 Å². The fourth-order valence-electron chi connectivity index (χ4n) is 2.45. The lowest BCUT2D eigenvalue weighted by molar-refractivity contribution is -0.113. The van der Waals surface area contributed by atoms with Crippen molar-refractivity contribution in [2.24, 2.45) is 0 Å². The number of para-hydroxylation sites is 1. The van der Waals surface area contributed by atoms with E-state index >= 15 is 0 Å². The van der Waals surface area contributed by atoms with Gasteiger partial charge in [0.1, 0.15) is 0 Å². The van der Waals surface area contributed by atoms with Gasteiger partial charge in [-0.2, -0.15) is 0 Å². The summed E-state index contributed by atoms with van der Waals surface area (Å²) in [5.41, 5.74) is 2.47. The van der Waals surface area contributed by atoms with Crippen molar-refractivity contribution in [1.82, 2.24) is 9.97 Å². The minimum Gasteiger partial charge on any atom is -0.325 e. The molecule has 7 heteroatoms. The molecule has 4 rings (SSSR count). The van der Waals surface area contributed by atoms with Crippen molar-refractivity contribution in [2.75, 3.05) is 11.1 Å². The zero-order chi connectivity index (χ0) is 17.2. The Morgan fingerprint density at radius 3 is 2.92 bits per heavy atom. The molecule has 25 heavy (non-hydrogen) atoms. The van der Waals surface area contributed by atoms with Gasteiger partial charge in [-0.15, -0.1) is 11.3 Å². The van der Waals surface area contributed by atoms with Gasteiger partial charge in [0.25, 0.3) is 0 Å². The van der Waals surface area contributed by atoms with E-state index in [1.165, 1.54) is 11.8 Å². The Hall–Kier alpha value is -2.15. The van der Waals surface area contributed by atoms with Gasteiger partial charge >= 0.3 is 0 Å². The maximum Gasteiger partial charge on any atom is 0.234 e. The average Bonchev–Trinajstić information content (AvgIpc) is 3.03. The highest BCUT2D eigenvalue weighted by atomic mass is 35.5. The number of pyridine rings is 1. The van der Waals surface area contributed by atoms with Crippen molar-refractivity contribution in [1.29, 1.82) is 0 Å². The molecule has 1 amide bonds. The first-order chi connectivity index (χ1) is 12.2. The first kappa shape index (κ1) is 16.3. The Morgan fingerprint density at radius 2 is 2.04 bits per heavy atom. The van der Waals surface area contributed by atoms with Crippen LogP contribution in [0.1, 0.15) is 0 Å². The van der Waals surface area contributed by atoms with E-state index in [0.29, 0.717) is 16.5 Å². The largest absolute Gasteiger partial charge is 0.325 e. The van der Waals surface area contributed by atoms with Gasteiger partial charge in [0.05, 0.1) is 27.2 Å². The van der Waals surface area contributed by atoms with Crippen LogP contribution in [0.15, 0.2) is 59.1 Å². The highest BCUT2D eigenvalue weighted by Gasteiger charge is 2.10. The fourth-order valence-corrected chi connectivity index (χ4v) is 4.49. The topological polar surface area (TPSA) is 54.9 Å². The van der Waals surface area contributed by atoms with E-state index < -0.39 is 0 Å².